The number of benzene rings is 2. The molecule has 6 rings (SSSR count). The van der Waals surface area contributed by atoms with Crippen LogP contribution < -0.4 is 19.2 Å². The number of rotatable bonds is 7. The molecule has 20 heteroatoms. The highest BCUT2D eigenvalue weighted by atomic mass is 19.4. The molecule has 0 bridgehead atoms. The van der Waals surface area contributed by atoms with Crippen LogP contribution in [0.4, 0.5) is 45.2 Å². The van der Waals surface area contributed by atoms with E-state index in [0.717, 1.165) is 22.7 Å². The smallest absolute Gasteiger partial charge is 0.416 e. The second kappa shape index (κ2) is 13.4. The number of nitrogens with zero attached hydrogens (tertiary/aromatic N) is 4. The average Bonchev–Trinajstić information content (AvgIpc) is 3.68. The van der Waals surface area contributed by atoms with Crippen LogP contribution in [0.1, 0.15) is 5.69 Å². The molecule has 0 atom stereocenters. The molecule has 1 N–H and O–H groups in total. The predicted molar refractivity (Wildman–Crippen MR) is 162 cm³/mol. The lowest BCUT2D eigenvalue weighted by molar-refractivity contribution is -0.199. The Labute approximate surface area is 285 Å². The van der Waals surface area contributed by atoms with Gasteiger partial charge < -0.3 is 24.2 Å². The van der Waals surface area contributed by atoms with Crippen molar-refractivity contribution in [2.75, 3.05) is 31.1 Å². The number of ether oxygens (including phenoxy) is 2. The van der Waals surface area contributed by atoms with Crippen molar-refractivity contribution >= 4 is 45.4 Å². The summed E-state index contributed by atoms with van der Waals surface area (Å²) in [7, 11) is 0. The van der Waals surface area contributed by atoms with Crippen LogP contribution in [-0.4, -0.2) is 82.2 Å². The number of aromatic nitrogens is 3. The van der Waals surface area contributed by atoms with Crippen molar-refractivity contribution in [1.82, 2.24) is 19.6 Å². The molecule has 52 heavy (non-hydrogen) atoms. The number of hydrogen-bond donors (Lipinski definition) is 1. The predicted octanol–water partition coefficient (Wildman–Crippen LogP) is 5.96. The lowest BCUT2D eigenvalue weighted by atomic mass is 10.0. The molecule has 1 saturated heterocycles. The summed E-state index contributed by atoms with van der Waals surface area (Å²) in [6, 6.07) is 11.2. The Hall–Kier alpha value is -5.79. The normalized spacial score (nSPS) is 14.5. The summed E-state index contributed by atoms with van der Waals surface area (Å²) in [4.78, 5) is 51.6. The van der Waals surface area contributed by atoms with E-state index in [0.29, 0.717) is 23.9 Å². The van der Waals surface area contributed by atoms with E-state index in [1.165, 1.54) is 24.5 Å². The number of anilines is 1. The third-order valence-corrected chi connectivity index (χ3v) is 8.00. The van der Waals surface area contributed by atoms with Crippen molar-refractivity contribution < 1.29 is 68.2 Å². The number of pyridine rings is 1. The van der Waals surface area contributed by atoms with Crippen LogP contribution in [0.2, 0.25) is 0 Å². The molecular weight excluding hydrogens is 721 g/mol. The minimum Gasteiger partial charge on any atom is -0.416 e. The number of carbonyl (C=O) groups is 3. The summed E-state index contributed by atoms with van der Waals surface area (Å²) in [6.07, 6.45) is -12.9. The van der Waals surface area contributed by atoms with Gasteiger partial charge in [-0.25, -0.2) is 14.4 Å². The molecule has 1 fully saturated rings. The van der Waals surface area contributed by atoms with Gasteiger partial charge in [-0.3, -0.25) is 9.88 Å². The van der Waals surface area contributed by atoms with Crippen molar-refractivity contribution in [2.24, 2.45) is 0 Å². The van der Waals surface area contributed by atoms with E-state index in [1.807, 2.05) is 29.2 Å². The largest absolute Gasteiger partial charge is 0.493 e. The lowest BCUT2D eigenvalue weighted by Gasteiger charge is -2.36. The van der Waals surface area contributed by atoms with Crippen LogP contribution in [0.3, 0.4) is 0 Å². The second-order valence-electron chi connectivity index (χ2n) is 11.3. The van der Waals surface area contributed by atoms with E-state index < -0.39 is 58.8 Å². The maximum atomic E-state index is 13.6. The Bertz CT molecular complexity index is 2150. The number of fused-ring (bicyclic) bond motifs is 2. The molecule has 5 aromatic rings. The molecule has 0 amide bonds. The fourth-order valence-corrected chi connectivity index (χ4v) is 5.76. The molecule has 1 aliphatic rings. The van der Waals surface area contributed by atoms with E-state index in [-0.39, 0.29) is 36.5 Å². The summed E-state index contributed by atoms with van der Waals surface area (Å²) in [5, 5.41) is 0.178. The van der Waals surface area contributed by atoms with E-state index >= 15 is 0 Å². The van der Waals surface area contributed by atoms with Gasteiger partial charge in [0.15, 0.2) is 11.5 Å². The van der Waals surface area contributed by atoms with Gasteiger partial charge in [-0.05, 0) is 48.0 Å². The van der Waals surface area contributed by atoms with Gasteiger partial charge in [-0.1, -0.05) is 6.07 Å². The van der Waals surface area contributed by atoms with E-state index in [2.05, 4.69) is 19.4 Å². The monoisotopic (exact) mass is 743 g/mol. The average molecular weight is 744 g/mol. The number of esters is 2. The van der Waals surface area contributed by atoms with Crippen molar-refractivity contribution in [2.45, 2.75) is 25.1 Å². The Morgan fingerprint density at radius 2 is 1.38 bits per heavy atom. The first-order chi connectivity index (χ1) is 24.4. The Balaban J connectivity index is 1.52. The minimum atomic E-state index is -5.75. The number of nitrogens with one attached hydrogen (secondary N) is 1. The Morgan fingerprint density at radius 3 is 2.02 bits per heavy atom. The summed E-state index contributed by atoms with van der Waals surface area (Å²) in [5.41, 5.74) is 0.443. The molecule has 0 radical (unpaired) electrons. The number of carbonyl (C=O) groups excluding carboxylic acids is 3. The summed E-state index contributed by atoms with van der Waals surface area (Å²) in [6.45, 7) is 0.891. The van der Waals surface area contributed by atoms with E-state index in [1.54, 1.807) is 11.1 Å². The third-order valence-electron chi connectivity index (χ3n) is 8.00. The van der Waals surface area contributed by atoms with Crippen molar-refractivity contribution in [1.29, 1.82) is 0 Å². The quantitative estimate of drug-likeness (QED) is 0.122. The molecule has 2 aromatic carbocycles. The molecule has 1 aliphatic heterocycles. The maximum Gasteiger partial charge on any atom is 0.493 e. The molecule has 0 unspecified atom stereocenters. The van der Waals surface area contributed by atoms with Crippen LogP contribution in [0.5, 0.6) is 11.5 Å². The Morgan fingerprint density at radius 1 is 0.750 bits per heavy atom. The SMILES string of the molecule is O=C(Oc1ccc2c(c1OC(=O)C(F)(F)F)c(-c1ccncc1)c(CN1CCN(c3cccc4[nH]ccc34)CC1)n2OC(=O)C(F)(F)F)C(F)(F)F. The summed E-state index contributed by atoms with van der Waals surface area (Å²) >= 11 is 0. The van der Waals surface area contributed by atoms with Gasteiger partial charge in [0.05, 0.1) is 16.6 Å². The number of aromatic amines is 1. The van der Waals surface area contributed by atoms with Gasteiger partial charge in [-0.15, -0.1) is 0 Å². The molecular formula is C32H22F9N5O6. The van der Waals surface area contributed by atoms with E-state index in [9.17, 15) is 53.9 Å². The maximum absolute atomic E-state index is 13.6. The van der Waals surface area contributed by atoms with Crippen molar-refractivity contribution in [3.05, 3.63) is 72.8 Å². The van der Waals surface area contributed by atoms with Crippen LogP contribution >= 0.6 is 0 Å². The molecule has 4 heterocycles. The van der Waals surface area contributed by atoms with Gasteiger partial charge in [0.2, 0.25) is 0 Å². The number of halogens is 9. The fourth-order valence-electron chi connectivity index (χ4n) is 5.76. The molecule has 0 aliphatic carbocycles. The molecule has 3 aromatic heterocycles. The third kappa shape index (κ3) is 7.18. The second-order valence-corrected chi connectivity index (χ2v) is 11.3. The number of piperazine rings is 1. The molecule has 11 nitrogen and oxygen atoms in total. The number of H-pyrrole nitrogens is 1. The van der Waals surface area contributed by atoms with Gasteiger partial charge in [0, 0.05) is 73.5 Å². The van der Waals surface area contributed by atoms with Crippen LogP contribution in [0.25, 0.3) is 32.9 Å². The number of hydrogen-bond acceptors (Lipinski definition) is 9. The van der Waals surface area contributed by atoms with Gasteiger partial charge in [0.25, 0.3) is 0 Å². The highest BCUT2D eigenvalue weighted by Crippen LogP contribution is 2.46. The van der Waals surface area contributed by atoms with Crippen LogP contribution in [-0.2, 0) is 20.9 Å². The molecule has 0 saturated carbocycles. The first-order valence-corrected chi connectivity index (χ1v) is 14.9. The first-order valence-electron chi connectivity index (χ1n) is 14.9. The van der Waals surface area contributed by atoms with Crippen molar-refractivity contribution in [3.63, 3.8) is 0 Å². The zero-order chi connectivity index (χ0) is 37.6. The number of alkyl halides is 9. The molecule has 0 spiro atoms. The topological polar surface area (TPSA) is 119 Å². The zero-order valence-corrected chi connectivity index (χ0v) is 26.0. The Kier molecular flexibility index (Phi) is 9.28. The summed E-state index contributed by atoms with van der Waals surface area (Å²) < 4.78 is 130. The zero-order valence-electron chi connectivity index (χ0n) is 26.0. The van der Waals surface area contributed by atoms with Gasteiger partial charge >= 0.3 is 36.4 Å². The van der Waals surface area contributed by atoms with Gasteiger partial charge in [-0.2, -0.15) is 44.2 Å². The highest BCUT2D eigenvalue weighted by molar-refractivity contribution is 6.05. The fraction of sp³-hybridized carbons (Fsp3) is 0.250. The van der Waals surface area contributed by atoms with Crippen molar-refractivity contribution in [3.8, 4) is 22.6 Å². The highest BCUT2D eigenvalue weighted by Gasteiger charge is 2.46. The standard InChI is InChI=1S/C32H22F9N5O6/c33-30(34,35)27(47)50-23-5-4-21-25(26(23)51-28(48)31(36,37)38)24(17-6-9-42-10-7-17)22(46(21)52-29(49)32(39,40)41)16-44-12-14-45(15-13-44)20-3-1-2-19-18(20)8-11-43-19/h1-11,43H,12-16H2. The van der Waals surface area contributed by atoms with E-state index in [4.69, 9.17) is 4.84 Å². The van der Waals surface area contributed by atoms with Crippen LogP contribution in [0.15, 0.2) is 67.1 Å². The van der Waals surface area contributed by atoms with Crippen LogP contribution in [0, 0.1) is 0 Å². The first kappa shape index (κ1) is 36.0. The summed E-state index contributed by atoms with van der Waals surface area (Å²) in [5.74, 6) is -11.4. The minimum absolute atomic E-state index is 0.0156. The lowest BCUT2D eigenvalue weighted by Crippen LogP contribution is -2.46. The molecule has 274 valence electrons. The van der Waals surface area contributed by atoms with Gasteiger partial charge in [0.1, 0.15) is 0 Å².